The van der Waals surface area contributed by atoms with Gasteiger partial charge in [0.15, 0.2) is 17.4 Å². The number of rotatable bonds is 4. The molecular weight excluding hydrogens is 389 g/mol. The third kappa shape index (κ3) is 3.54. The molecule has 1 saturated heterocycles. The maximum absolute atomic E-state index is 14.6. The summed E-state index contributed by atoms with van der Waals surface area (Å²) in [5, 5.41) is 12.8. The summed E-state index contributed by atoms with van der Waals surface area (Å²) in [7, 11) is 0. The van der Waals surface area contributed by atoms with E-state index in [1.807, 2.05) is 31.3 Å². The summed E-state index contributed by atoms with van der Waals surface area (Å²) in [5.74, 6) is 1.87. The zero-order chi connectivity index (χ0) is 20.5. The second kappa shape index (κ2) is 7.86. The molecule has 0 bridgehead atoms. The second-order valence-electron chi connectivity index (χ2n) is 7.25. The Hall–Kier alpha value is -3.27. The summed E-state index contributed by atoms with van der Waals surface area (Å²) < 4.78 is 27.2. The van der Waals surface area contributed by atoms with Gasteiger partial charge in [-0.25, -0.2) is 14.1 Å². The summed E-state index contributed by atoms with van der Waals surface area (Å²) in [6, 6.07) is 6.90. The van der Waals surface area contributed by atoms with Crippen molar-refractivity contribution in [1.82, 2.24) is 29.9 Å². The van der Waals surface area contributed by atoms with Gasteiger partial charge in [-0.05, 0) is 25.1 Å². The Labute approximate surface area is 173 Å². The minimum atomic E-state index is -0.366. The van der Waals surface area contributed by atoms with E-state index in [-0.39, 0.29) is 11.9 Å². The van der Waals surface area contributed by atoms with Crippen LogP contribution in [0.1, 0.15) is 18.7 Å². The molecule has 5 rings (SSSR count). The molecule has 0 aromatic carbocycles. The number of ether oxygens (including phenoxy) is 2. The molecule has 0 N–H and O–H groups in total. The van der Waals surface area contributed by atoms with Gasteiger partial charge in [-0.3, -0.25) is 4.90 Å². The number of fused-ring (bicyclic) bond motifs is 1. The van der Waals surface area contributed by atoms with Crippen LogP contribution in [0.4, 0.5) is 10.2 Å². The summed E-state index contributed by atoms with van der Waals surface area (Å²) in [5.41, 5.74) is 0.385. The summed E-state index contributed by atoms with van der Waals surface area (Å²) in [4.78, 5) is 8.78. The molecule has 3 aromatic heterocycles. The van der Waals surface area contributed by atoms with Gasteiger partial charge in [0.25, 0.3) is 5.88 Å². The lowest BCUT2D eigenvalue weighted by atomic mass is 10.1. The Balaban J connectivity index is 1.25. The first-order valence-electron chi connectivity index (χ1n) is 9.98. The lowest BCUT2D eigenvalue weighted by Crippen LogP contribution is -2.47. The number of hydrogen-bond acceptors (Lipinski definition) is 8. The van der Waals surface area contributed by atoms with Crippen molar-refractivity contribution >= 4 is 5.82 Å². The van der Waals surface area contributed by atoms with E-state index in [0.717, 1.165) is 32.0 Å². The standard InChI is InChI=1S/C20H22FN7O2/c1-14(19-15(21)13-16-20(23-19)30-12-11-29-16)26-7-9-27(10-8-26)17-3-4-18(25-24-17)28-6-2-5-22-28/h2-6,13-14H,7-12H2,1H3. The van der Waals surface area contributed by atoms with Gasteiger partial charge in [-0.15, -0.1) is 10.2 Å². The molecule has 0 spiro atoms. The van der Waals surface area contributed by atoms with Crippen LogP contribution in [-0.2, 0) is 0 Å². The van der Waals surface area contributed by atoms with Crippen molar-refractivity contribution in [2.45, 2.75) is 13.0 Å². The lowest BCUT2D eigenvalue weighted by Gasteiger charge is -2.38. The van der Waals surface area contributed by atoms with Crippen molar-refractivity contribution in [3.8, 4) is 17.4 Å². The van der Waals surface area contributed by atoms with E-state index >= 15 is 0 Å². The Morgan fingerprint density at radius 1 is 1.03 bits per heavy atom. The van der Waals surface area contributed by atoms with E-state index < -0.39 is 0 Å². The van der Waals surface area contributed by atoms with Crippen molar-refractivity contribution in [2.24, 2.45) is 0 Å². The summed E-state index contributed by atoms with van der Waals surface area (Å²) in [6.45, 7) is 5.88. The average molecular weight is 411 g/mol. The van der Waals surface area contributed by atoms with Crippen LogP contribution in [-0.4, -0.2) is 69.3 Å². The number of nitrogens with zero attached hydrogens (tertiary/aromatic N) is 7. The van der Waals surface area contributed by atoms with E-state index in [1.165, 1.54) is 6.07 Å². The number of pyridine rings is 1. The average Bonchev–Trinajstić information content (AvgIpc) is 3.33. The summed E-state index contributed by atoms with van der Waals surface area (Å²) in [6.07, 6.45) is 3.53. The number of piperazine rings is 1. The molecule has 0 amide bonds. The van der Waals surface area contributed by atoms with Gasteiger partial charge in [-0.2, -0.15) is 5.10 Å². The molecule has 3 aromatic rings. The zero-order valence-electron chi connectivity index (χ0n) is 16.6. The Morgan fingerprint density at radius 2 is 1.80 bits per heavy atom. The second-order valence-corrected chi connectivity index (χ2v) is 7.25. The van der Waals surface area contributed by atoms with Crippen molar-refractivity contribution in [3.05, 3.63) is 48.2 Å². The van der Waals surface area contributed by atoms with Crippen molar-refractivity contribution < 1.29 is 13.9 Å². The first-order chi connectivity index (χ1) is 14.7. The van der Waals surface area contributed by atoms with Gasteiger partial charge in [0, 0.05) is 44.6 Å². The molecule has 30 heavy (non-hydrogen) atoms. The third-order valence-corrected chi connectivity index (χ3v) is 5.47. The van der Waals surface area contributed by atoms with Gasteiger partial charge in [0.05, 0.1) is 11.7 Å². The highest BCUT2D eigenvalue weighted by molar-refractivity contribution is 5.40. The van der Waals surface area contributed by atoms with Crippen LogP contribution in [0, 0.1) is 5.82 Å². The summed E-state index contributed by atoms with van der Waals surface area (Å²) >= 11 is 0. The van der Waals surface area contributed by atoms with Gasteiger partial charge in [0.2, 0.25) is 0 Å². The van der Waals surface area contributed by atoms with Gasteiger partial charge in [0.1, 0.15) is 19.0 Å². The quantitative estimate of drug-likeness (QED) is 0.644. The van der Waals surface area contributed by atoms with E-state index in [4.69, 9.17) is 9.47 Å². The molecule has 2 aliphatic heterocycles. The molecule has 156 valence electrons. The fraction of sp³-hybridized carbons (Fsp3) is 0.400. The molecule has 2 aliphatic rings. The first kappa shape index (κ1) is 18.7. The van der Waals surface area contributed by atoms with Crippen molar-refractivity contribution in [1.29, 1.82) is 0 Å². The normalized spacial score (nSPS) is 17.7. The Morgan fingerprint density at radius 3 is 2.53 bits per heavy atom. The SMILES string of the molecule is CC(c1nc2c(cc1F)OCCO2)N1CCN(c2ccc(-n3cccn3)nn2)CC1. The number of anilines is 1. The molecule has 9 nitrogen and oxygen atoms in total. The minimum absolute atomic E-state index is 0.170. The van der Waals surface area contributed by atoms with Gasteiger partial charge < -0.3 is 14.4 Å². The number of hydrogen-bond donors (Lipinski definition) is 0. The van der Waals surface area contributed by atoms with Crippen molar-refractivity contribution in [3.63, 3.8) is 0 Å². The van der Waals surface area contributed by atoms with Crippen LogP contribution in [0.5, 0.6) is 11.6 Å². The topological polar surface area (TPSA) is 81.4 Å². The van der Waals surface area contributed by atoms with E-state index in [0.29, 0.717) is 36.4 Å². The fourth-order valence-corrected chi connectivity index (χ4v) is 3.78. The highest BCUT2D eigenvalue weighted by Crippen LogP contribution is 2.33. The largest absolute Gasteiger partial charge is 0.484 e. The molecule has 0 aliphatic carbocycles. The molecule has 1 unspecified atom stereocenters. The smallest absolute Gasteiger partial charge is 0.257 e. The zero-order valence-corrected chi connectivity index (χ0v) is 16.6. The van der Waals surface area contributed by atoms with Crippen LogP contribution in [0.2, 0.25) is 0 Å². The molecule has 1 fully saturated rings. The fourth-order valence-electron chi connectivity index (χ4n) is 3.78. The van der Waals surface area contributed by atoms with Crippen LogP contribution >= 0.6 is 0 Å². The Kier molecular flexibility index (Phi) is 4.91. The molecule has 5 heterocycles. The predicted molar refractivity (Wildman–Crippen MR) is 107 cm³/mol. The Bertz CT molecular complexity index is 1000. The highest BCUT2D eigenvalue weighted by Gasteiger charge is 2.28. The first-order valence-corrected chi connectivity index (χ1v) is 9.98. The lowest BCUT2D eigenvalue weighted by molar-refractivity contribution is 0.157. The monoisotopic (exact) mass is 411 g/mol. The van der Waals surface area contributed by atoms with Gasteiger partial charge in [-0.1, -0.05) is 0 Å². The molecule has 0 radical (unpaired) electrons. The van der Waals surface area contributed by atoms with Crippen LogP contribution in [0.15, 0.2) is 36.7 Å². The maximum Gasteiger partial charge on any atom is 0.257 e. The van der Waals surface area contributed by atoms with E-state index in [9.17, 15) is 4.39 Å². The number of aromatic nitrogens is 5. The molecule has 0 saturated carbocycles. The maximum atomic E-state index is 14.6. The molecule has 10 heteroatoms. The van der Waals surface area contributed by atoms with Crippen LogP contribution in [0.3, 0.4) is 0 Å². The predicted octanol–water partition coefficient (Wildman–Crippen LogP) is 1.85. The molecular formula is C20H22FN7O2. The number of halogens is 1. The highest BCUT2D eigenvalue weighted by atomic mass is 19.1. The minimum Gasteiger partial charge on any atom is -0.484 e. The molecule has 1 atom stereocenters. The van der Waals surface area contributed by atoms with Gasteiger partial charge >= 0.3 is 0 Å². The van der Waals surface area contributed by atoms with E-state index in [2.05, 4.69) is 30.1 Å². The third-order valence-electron chi connectivity index (χ3n) is 5.47. The van der Waals surface area contributed by atoms with E-state index in [1.54, 1.807) is 10.9 Å². The van der Waals surface area contributed by atoms with Crippen molar-refractivity contribution in [2.75, 3.05) is 44.3 Å². The van der Waals surface area contributed by atoms with Crippen LogP contribution < -0.4 is 14.4 Å². The van der Waals surface area contributed by atoms with Crippen LogP contribution in [0.25, 0.3) is 5.82 Å².